The number of aromatic nitrogens is 3. The summed E-state index contributed by atoms with van der Waals surface area (Å²) >= 11 is 0. The molecular formula is C14H19N5O. The van der Waals surface area contributed by atoms with Gasteiger partial charge in [0.2, 0.25) is 5.91 Å². The standard InChI is InChI=1S/C14H19N5O/c1-3-8-19-14(16-10-17-19)9-15-12-4-6-13(7-5-12)18-11(2)20/h4-7,10,15H,3,8-9H2,1-2H3,(H,18,20). The maximum Gasteiger partial charge on any atom is 0.221 e. The van der Waals surface area contributed by atoms with Gasteiger partial charge < -0.3 is 10.6 Å². The van der Waals surface area contributed by atoms with E-state index in [1.54, 1.807) is 6.33 Å². The van der Waals surface area contributed by atoms with Gasteiger partial charge in [-0.1, -0.05) is 6.92 Å². The van der Waals surface area contributed by atoms with Crippen LogP contribution in [0.3, 0.4) is 0 Å². The molecular weight excluding hydrogens is 254 g/mol. The predicted molar refractivity (Wildman–Crippen MR) is 78.4 cm³/mol. The van der Waals surface area contributed by atoms with Crippen LogP contribution in [0.25, 0.3) is 0 Å². The van der Waals surface area contributed by atoms with Crippen LogP contribution in [0.1, 0.15) is 26.1 Å². The van der Waals surface area contributed by atoms with E-state index in [2.05, 4.69) is 27.6 Å². The van der Waals surface area contributed by atoms with Crippen molar-refractivity contribution in [3.63, 3.8) is 0 Å². The van der Waals surface area contributed by atoms with Crippen molar-refractivity contribution in [1.29, 1.82) is 0 Å². The Morgan fingerprint density at radius 1 is 1.25 bits per heavy atom. The van der Waals surface area contributed by atoms with Gasteiger partial charge in [-0.2, -0.15) is 5.10 Å². The van der Waals surface area contributed by atoms with Gasteiger partial charge in [-0.3, -0.25) is 4.79 Å². The number of anilines is 2. The number of nitrogens with zero attached hydrogens (tertiary/aromatic N) is 3. The molecule has 0 bridgehead atoms. The fourth-order valence-electron chi connectivity index (χ4n) is 1.88. The molecule has 0 saturated heterocycles. The molecule has 0 radical (unpaired) electrons. The van der Waals surface area contributed by atoms with Crippen LogP contribution in [0.15, 0.2) is 30.6 Å². The van der Waals surface area contributed by atoms with Crippen LogP contribution in [0.5, 0.6) is 0 Å². The lowest BCUT2D eigenvalue weighted by Crippen LogP contribution is -2.10. The molecule has 6 nitrogen and oxygen atoms in total. The molecule has 0 unspecified atom stereocenters. The number of carbonyl (C=O) groups is 1. The van der Waals surface area contributed by atoms with Gasteiger partial charge in [0.05, 0.1) is 6.54 Å². The SMILES string of the molecule is CCCn1ncnc1CNc1ccc(NC(C)=O)cc1. The maximum absolute atomic E-state index is 10.9. The quantitative estimate of drug-likeness (QED) is 0.846. The van der Waals surface area contributed by atoms with Crippen LogP contribution in [0.4, 0.5) is 11.4 Å². The molecule has 1 heterocycles. The number of amides is 1. The Morgan fingerprint density at radius 3 is 2.60 bits per heavy atom. The number of hydrogen-bond donors (Lipinski definition) is 2. The molecule has 2 aromatic rings. The van der Waals surface area contributed by atoms with Crippen molar-refractivity contribution in [2.75, 3.05) is 10.6 Å². The van der Waals surface area contributed by atoms with Crippen molar-refractivity contribution in [3.05, 3.63) is 36.4 Å². The van der Waals surface area contributed by atoms with Crippen LogP contribution in [0, 0.1) is 0 Å². The lowest BCUT2D eigenvalue weighted by atomic mass is 10.2. The summed E-state index contributed by atoms with van der Waals surface area (Å²) < 4.78 is 1.90. The molecule has 6 heteroatoms. The lowest BCUT2D eigenvalue weighted by Gasteiger charge is -2.08. The van der Waals surface area contributed by atoms with Gasteiger partial charge in [-0.15, -0.1) is 0 Å². The largest absolute Gasteiger partial charge is 0.378 e. The zero-order valence-corrected chi connectivity index (χ0v) is 11.8. The van der Waals surface area contributed by atoms with Gasteiger partial charge in [0.15, 0.2) is 0 Å². The molecule has 0 saturated carbocycles. The summed E-state index contributed by atoms with van der Waals surface area (Å²) in [5, 5.41) is 10.2. The van der Waals surface area contributed by atoms with E-state index >= 15 is 0 Å². The third-order valence-electron chi connectivity index (χ3n) is 2.79. The molecule has 1 aromatic heterocycles. The third-order valence-corrected chi connectivity index (χ3v) is 2.79. The summed E-state index contributed by atoms with van der Waals surface area (Å²) in [5.41, 5.74) is 1.77. The summed E-state index contributed by atoms with van der Waals surface area (Å²) in [6, 6.07) is 7.57. The fourth-order valence-corrected chi connectivity index (χ4v) is 1.88. The highest BCUT2D eigenvalue weighted by Crippen LogP contribution is 2.14. The second kappa shape index (κ2) is 6.70. The number of rotatable bonds is 6. The van der Waals surface area contributed by atoms with E-state index in [-0.39, 0.29) is 5.91 Å². The second-order valence-corrected chi connectivity index (χ2v) is 4.51. The van der Waals surface area contributed by atoms with Crippen molar-refractivity contribution in [3.8, 4) is 0 Å². The molecule has 1 aromatic carbocycles. The summed E-state index contributed by atoms with van der Waals surface area (Å²) in [6.07, 6.45) is 2.61. The first-order valence-corrected chi connectivity index (χ1v) is 6.67. The lowest BCUT2D eigenvalue weighted by molar-refractivity contribution is -0.114. The molecule has 0 aliphatic heterocycles. The highest BCUT2D eigenvalue weighted by Gasteiger charge is 2.03. The van der Waals surface area contributed by atoms with Crippen molar-refractivity contribution in [2.45, 2.75) is 33.4 Å². The Balaban J connectivity index is 1.93. The molecule has 0 atom stereocenters. The van der Waals surface area contributed by atoms with E-state index in [0.29, 0.717) is 6.54 Å². The summed E-state index contributed by atoms with van der Waals surface area (Å²) in [4.78, 5) is 15.2. The average Bonchev–Trinajstić information content (AvgIpc) is 2.85. The van der Waals surface area contributed by atoms with Crippen molar-refractivity contribution < 1.29 is 4.79 Å². The van der Waals surface area contributed by atoms with Gasteiger partial charge in [0.1, 0.15) is 12.2 Å². The van der Waals surface area contributed by atoms with Crippen LogP contribution in [0.2, 0.25) is 0 Å². The van der Waals surface area contributed by atoms with E-state index in [9.17, 15) is 4.79 Å². The zero-order valence-electron chi connectivity index (χ0n) is 11.8. The first-order chi connectivity index (χ1) is 9.69. The highest BCUT2D eigenvalue weighted by atomic mass is 16.1. The van der Waals surface area contributed by atoms with Gasteiger partial charge in [0, 0.05) is 24.8 Å². The molecule has 106 valence electrons. The Hall–Kier alpha value is -2.37. The molecule has 2 rings (SSSR count). The number of aryl methyl sites for hydroxylation is 1. The average molecular weight is 273 g/mol. The minimum absolute atomic E-state index is 0.0709. The van der Waals surface area contributed by atoms with Gasteiger partial charge in [-0.25, -0.2) is 9.67 Å². The third kappa shape index (κ3) is 3.81. The molecule has 0 aliphatic rings. The first-order valence-electron chi connectivity index (χ1n) is 6.67. The van der Waals surface area contributed by atoms with Crippen molar-refractivity contribution in [2.24, 2.45) is 0 Å². The Morgan fingerprint density at radius 2 is 1.95 bits per heavy atom. The van der Waals surface area contributed by atoms with E-state index < -0.39 is 0 Å². The minimum Gasteiger partial charge on any atom is -0.378 e. The molecule has 1 amide bonds. The normalized spacial score (nSPS) is 10.3. The molecule has 20 heavy (non-hydrogen) atoms. The topological polar surface area (TPSA) is 71.8 Å². The van der Waals surface area contributed by atoms with Crippen LogP contribution in [-0.4, -0.2) is 20.7 Å². The van der Waals surface area contributed by atoms with Gasteiger partial charge in [-0.05, 0) is 30.7 Å². The fraction of sp³-hybridized carbons (Fsp3) is 0.357. The summed E-state index contributed by atoms with van der Waals surface area (Å²) in [6.45, 7) is 5.10. The van der Waals surface area contributed by atoms with E-state index in [1.165, 1.54) is 6.92 Å². The number of benzene rings is 1. The molecule has 0 fully saturated rings. The zero-order chi connectivity index (χ0) is 14.4. The van der Waals surface area contributed by atoms with Crippen molar-refractivity contribution >= 4 is 17.3 Å². The Bertz CT molecular complexity index is 561. The van der Waals surface area contributed by atoms with Crippen LogP contribution < -0.4 is 10.6 Å². The highest BCUT2D eigenvalue weighted by molar-refractivity contribution is 5.88. The molecule has 2 N–H and O–H groups in total. The molecule has 0 aliphatic carbocycles. The summed E-state index contributed by atoms with van der Waals surface area (Å²) in [5.74, 6) is 0.844. The Labute approximate surface area is 118 Å². The van der Waals surface area contributed by atoms with Crippen molar-refractivity contribution in [1.82, 2.24) is 14.8 Å². The Kier molecular flexibility index (Phi) is 4.70. The monoisotopic (exact) mass is 273 g/mol. The maximum atomic E-state index is 10.9. The second-order valence-electron chi connectivity index (χ2n) is 4.51. The van der Waals surface area contributed by atoms with Crippen LogP contribution >= 0.6 is 0 Å². The first kappa shape index (κ1) is 14.0. The molecule has 0 spiro atoms. The van der Waals surface area contributed by atoms with Gasteiger partial charge >= 0.3 is 0 Å². The van der Waals surface area contributed by atoms with Crippen LogP contribution in [-0.2, 0) is 17.9 Å². The predicted octanol–water partition coefficient (Wildman–Crippen LogP) is 2.26. The minimum atomic E-state index is -0.0709. The number of hydrogen-bond acceptors (Lipinski definition) is 4. The van der Waals surface area contributed by atoms with E-state index in [1.807, 2.05) is 28.9 Å². The smallest absolute Gasteiger partial charge is 0.221 e. The number of carbonyl (C=O) groups excluding carboxylic acids is 1. The van der Waals surface area contributed by atoms with E-state index in [0.717, 1.165) is 30.2 Å². The number of nitrogens with one attached hydrogen (secondary N) is 2. The van der Waals surface area contributed by atoms with Gasteiger partial charge in [0.25, 0.3) is 0 Å². The van der Waals surface area contributed by atoms with E-state index in [4.69, 9.17) is 0 Å². The summed E-state index contributed by atoms with van der Waals surface area (Å²) in [7, 11) is 0.